The van der Waals surface area contributed by atoms with Gasteiger partial charge in [-0.1, -0.05) is 18.2 Å². The number of halogens is 2. The van der Waals surface area contributed by atoms with Gasteiger partial charge in [-0.15, -0.1) is 0 Å². The van der Waals surface area contributed by atoms with Gasteiger partial charge in [0.2, 0.25) is 0 Å². The third kappa shape index (κ3) is 3.45. The van der Waals surface area contributed by atoms with Crippen molar-refractivity contribution in [1.29, 1.82) is 0 Å². The number of hydrogen-bond donors (Lipinski definition) is 0. The largest absolute Gasteiger partial charge is 0.352 e. The Morgan fingerprint density at radius 3 is 2.64 bits per heavy atom. The summed E-state index contributed by atoms with van der Waals surface area (Å²) in [6.07, 6.45) is 2.71. The highest BCUT2D eigenvalue weighted by Gasteiger charge is 2.41. The van der Waals surface area contributed by atoms with Crippen molar-refractivity contribution >= 4 is 11.6 Å². The van der Waals surface area contributed by atoms with Crippen molar-refractivity contribution in [2.24, 2.45) is 7.05 Å². The van der Waals surface area contributed by atoms with Crippen LogP contribution in [0.25, 0.3) is 0 Å². The zero-order valence-corrected chi connectivity index (χ0v) is 13.9. The number of rotatable bonds is 4. The molecule has 0 bridgehead atoms. The van der Waals surface area contributed by atoms with Crippen molar-refractivity contribution in [3.8, 4) is 0 Å². The second-order valence-corrected chi connectivity index (χ2v) is 6.31. The van der Waals surface area contributed by atoms with Gasteiger partial charge in [-0.3, -0.25) is 9.59 Å². The molecule has 1 aromatic carbocycles. The topological polar surface area (TPSA) is 55.2 Å². The quantitative estimate of drug-likeness (QED) is 0.849. The Hall–Kier alpha value is -2.57. The van der Waals surface area contributed by atoms with Crippen LogP contribution in [0.5, 0.6) is 0 Å². The molecule has 0 unspecified atom stereocenters. The highest BCUT2D eigenvalue weighted by molar-refractivity contribution is 5.89. The molecule has 0 atom stereocenters. The Kier molecular flexibility index (Phi) is 4.65. The number of nitrogens with zero attached hydrogens (tertiary/aromatic N) is 3. The third-order valence-electron chi connectivity index (χ3n) is 4.66. The summed E-state index contributed by atoms with van der Waals surface area (Å²) in [7, 11) is 1.62. The number of anilines is 1. The lowest BCUT2D eigenvalue weighted by atomic mass is 9.86. The number of benzene rings is 1. The Labute approximate surface area is 143 Å². The molecule has 5 nitrogen and oxygen atoms in total. The number of aryl methyl sites for hydroxylation is 1. The minimum absolute atomic E-state index is 0.0417. The summed E-state index contributed by atoms with van der Waals surface area (Å²) in [5.74, 6) is -0.867. The van der Waals surface area contributed by atoms with E-state index in [4.69, 9.17) is 0 Å². The molecule has 1 fully saturated rings. The Balaban J connectivity index is 1.70. The van der Waals surface area contributed by atoms with E-state index in [9.17, 15) is 14.0 Å². The number of carbonyl (C=O) groups excluding carboxylic acids is 1. The SMILES string of the molecule is Cn1ccnc(N2CCC(F)(C(=O)Cc3ccccc3F)CC2)c1=O. The van der Waals surface area contributed by atoms with Crippen LogP contribution in [-0.4, -0.2) is 34.1 Å². The van der Waals surface area contributed by atoms with Crippen LogP contribution in [0.1, 0.15) is 18.4 Å². The molecule has 1 aliphatic heterocycles. The van der Waals surface area contributed by atoms with Gasteiger partial charge in [0.25, 0.3) is 5.56 Å². The third-order valence-corrected chi connectivity index (χ3v) is 4.66. The molecule has 0 saturated carbocycles. The monoisotopic (exact) mass is 347 g/mol. The van der Waals surface area contributed by atoms with Crippen molar-refractivity contribution in [1.82, 2.24) is 9.55 Å². The van der Waals surface area contributed by atoms with E-state index in [1.165, 1.54) is 29.0 Å². The van der Waals surface area contributed by atoms with Crippen LogP contribution in [0, 0.1) is 5.82 Å². The van der Waals surface area contributed by atoms with Gasteiger partial charge in [0.1, 0.15) is 5.82 Å². The normalized spacial score (nSPS) is 16.7. The van der Waals surface area contributed by atoms with Crippen molar-refractivity contribution in [3.05, 3.63) is 58.4 Å². The first-order chi connectivity index (χ1) is 11.9. The lowest BCUT2D eigenvalue weighted by molar-refractivity contribution is -0.131. The number of alkyl halides is 1. The number of ketones is 1. The summed E-state index contributed by atoms with van der Waals surface area (Å²) in [6, 6.07) is 5.90. The van der Waals surface area contributed by atoms with E-state index < -0.39 is 17.3 Å². The van der Waals surface area contributed by atoms with E-state index in [1.54, 1.807) is 24.2 Å². The summed E-state index contributed by atoms with van der Waals surface area (Å²) in [6.45, 7) is 0.428. The van der Waals surface area contributed by atoms with Crippen LogP contribution >= 0.6 is 0 Å². The molecule has 0 aliphatic carbocycles. The average molecular weight is 347 g/mol. The Morgan fingerprint density at radius 1 is 1.28 bits per heavy atom. The zero-order chi connectivity index (χ0) is 18.0. The first kappa shape index (κ1) is 17.3. The van der Waals surface area contributed by atoms with Gasteiger partial charge < -0.3 is 9.47 Å². The fourth-order valence-electron chi connectivity index (χ4n) is 3.03. The van der Waals surface area contributed by atoms with Crippen LogP contribution in [0.2, 0.25) is 0 Å². The van der Waals surface area contributed by atoms with Crippen LogP contribution in [0.3, 0.4) is 0 Å². The highest BCUT2D eigenvalue weighted by atomic mass is 19.1. The molecular weight excluding hydrogens is 328 g/mol. The summed E-state index contributed by atoms with van der Waals surface area (Å²) < 4.78 is 30.1. The Bertz CT molecular complexity index is 842. The van der Waals surface area contributed by atoms with Gasteiger partial charge in [-0.05, 0) is 11.6 Å². The first-order valence-electron chi connectivity index (χ1n) is 8.13. The van der Waals surface area contributed by atoms with Crippen LogP contribution in [0.15, 0.2) is 41.5 Å². The molecule has 7 heteroatoms. The molecule has 0 spiro atoms. The van der Waals surface area contributed by atoms with Gasteiger partial charge in [0, 0.05) is 51.8 Å². The predicted octanol–water partition coefficient (Wildman–Crippen LogP) is 2.04. The van der Waals surface area contributed by atoms with Crippen molar-refractivity contribution in [2.45, 2.75) is 24.9 Å². The fraction of sp³-hybridized carbons (Fsp3) is 0.389. The van der Waals surface area contributed by atoms with Crippen LogP contribution in [-0.2, 0) is 18.3 Å². The Morgan fingerprint density at radius 2 is 1.96 bits per heavy atom. The van der Waals surface area contributed by atoms with E-state index >= 15 is 4.39 Å². The fourth-order valence-corrected chi connectivity index (χ4v) is 3.03. The van der Waals surface area contributed by atoms with Crippen molar-refractivity contribution in [3.63, 3.8) is 0 Å². The standard InChI is InChI=1S/C18H19F2N3O2/c1-22-11-8-21-16(17(22)25)23-9-6-18(20,7-10-23)15(24)12-13-4-2-3-5-14(13)19/h2-5,8,11H,6-7,9-10,12H2,1H3. The second-order valence-electron chi connectivity index (χ2n) is 6.31. The molecule has 1 saturated heterocycles. The van der Waals surface area contributed by atoms with Gasteiger partial charge >= 0.3 is 0 Å². The van der Waals surface area contributed by atoms with Gasteiger partial charge in [-0.25, -0.2) is 13.8 Å². The maximum Gasteiger partial charge on any atom is 0.293 e. The molecule has 2 heterocycles. The molecule has 0 radical (unpaired) electrons. The summed E-state index contributed by atoms with van der Waals surface area (Å²) in [5.41, 5.74) is -2.06. The average Bonchev–Trinajstić information content (AvgIpc) is 2.60. The maximum absolute atomic E-state index is 15.0. The molecule has 1 aliphatic rings. The molecule has 0 amide bonds. The van der Waals surface area contributed by atoms with Gasteiger partial charge in [0.15, 0.2) is 17.3 Å². The minimum atomic E-state index is -2.00. The molecular formula is C18H19F2N3O2. The summed E-state index contributed by atoms with van der Waals surface area (Å²) in [5, 5.41) is 0. The molecule has 132 valence electrons. The molecule has 2 aromatic rings. The molecule has 0 N–H and O–H groups in total. The molecule has 25 heavy (non-hydrogen) atoms. The number of piperidine rings is 1. The van der Waals surface area contributed by atoms with Crippen LogP contribution < -0.4 is 10.5 Å². The predicted molar refractivity (Wildman–Crippen MR) is 89.9 cm³/mol. The van der Waals surface area contributed by atoms with Gasteiger partial charge in [0.05, 0.1) is 0 Å². The van der Waals surface area contributed by atoms with E-state index in [0.717, 1.165) is 0 Å². The second kappa shape index (κ2) is 6.74. The highest BCUT2D eigenvalue weighted by Crippen LogP contribution is 2.30. The summed E-state index contributed by atoms with van der Waals surface area (Å²) in [4.78, 5) is 30.2. The van der Waals surface area contributed by atoms with Crippen molar-refractivity contribution in [2.75, 3.05) is 18.0 Å². The first-order valence-corrected chi connectivity index (χ1v) is 8.13. The van der Waals surface area contributed by atoms with E-state index in [-0.39, 0.29) is 49.3 Å². The number of aromatic nitrogens is 2. The maximum atomic E-state index is 15.0. The van der Waals surface area contributed by atoms with E-state index in [0.29, 0.717) is 0 Å². The minimum Gasteiger partial charge on any atom is -0.352 e. The van der Waals surface area contributed by atoms with E-state index in [2.05, 4.69) is 4.98 Å². The zero-order valence-electron chi connectivity index (χ0n) is 13.9. The van der Waals surface area contributed by atoms with Crippen LogP contribution in [0.4, 0.5) is 14.6 Å². The lowest BCUT2D eigenvalue weighted by Crippen LogP contribution is -2.48. The molecule has 3 rings (SSSR count). The van der Waals surface area contributed by atoms with Gasteiger partial charge in [-0.2, -0.15) is 0 Å². The van der Waals surface area contributed by atoms with E-state index in [1.807, 2.05) is 0 Å². The smallest absolute Gasteiger partial charge is 0.293 e. The lowest BCUT2D eigenvalue weighted by Gasteiger charge is -2.35. The number of carbonyl (C=O) groups is 1. The molecule has 1 aromatic heterocycles. The number of hydrogen-bond acceptors (Lipinski definition) is 4. The van der Waals surface area contributed by atoms with Crippen molar-refractivity contribution < 1.29 is 13.6 Å². The summed E-state index contributed by atoms with van der Waals surface area (Å²) >= 11 is 0. The number of Topliss-reactive ketones (excluding diaryl/α,β-unsaturated/α-hetero) is 1.